The number of carbonyl (C=O) groups excluding carboxylic acids is 1. The van der Waals surface area contributed by atoms with Crippen LogP contribution >= 0.6 is 0 Å². The number of hydrogen-bond acceptors (Lipinski definition) is 3. The number of fused-ring (bicyclic) bond motifs is 1. The molecule has 164 valence electrons. The van der Waals surface area contributed by atoms with Crippen LogP contribution in [0.3, 0.4) is 0 Å². The number of imidazole rings is 1. The van der Waals surface area contributed by atoms with E-state index in [1.807, 2.05) is 24.3 Å². The van der Waals surface area contributed by atoms with E-state index in [0.717, 1.165) is 42.4 Å². The molecule has 1 aliphatic rings. The van der Waals surface area contributed by atoms with Crippen molar-refractivity contribution in [3.05, 3.63) is 59.9 Å². The number of benzene rings is 2. The molecule has 0 spiro atoms. The second-order valence-electron chi connectivity index (χ2n) is 7.87. The number of alkyl halides is 3. The van der Waals surface area contributed by atoms with Crippen LogP contribution < -0.4 is 5.32 Å². The van der Waals surface area contributed by atoms with E-state index in [1.165, 1.54) is 18.2 Å². The Morgan fingerprint density at radius 3 is 2.68 bits per heavy atom. The summed E-state index contributed by atoms with van der Waals surface area (Å²) in [5.74, 6) is 0.201. The zero-order chi connectivity index (χ0) is 22.0. The quantitative estimate of drug-likeness (QED) is 0.625. The molecule has 3 aromatic rings. The highest BCUT2D eigenvalue weighted by Gasteiger charge is 2.34. The molecule has 4 rings (SSSR count). The summed E-state index contributed by atoms with van der Waals surface area (Å²) in [5.41, 5.74) is 1.00. The predicted molar refractivity (Wildman–Crippen MR) is 113 cm³/mol. The van der Waals surface area contributed by atoms with Gasteiger partial charge in [-0.1, -0.05) is 24.3 Å². The van der Waals surface area contributed by atoms with Crippen LogP contribution in [0.25, 0.3) is 11.0 Å². The summed E-state index contributed by atoms with van der Waals surface area (Å²) in [7, 11) is 0. The molecule has 0 radical (unpaired) electrons. The van der Waals surface area contributed by atoms with Crippen molar-refractivity contribution in [1.29, 1.82) is 0 Å². The molecule has 2 aromatic carbocycles. The molecule has 0 aliphatic carbocycles. The molecule has 1 saturated heterocycles. The Morgan fingerprint density at radius 1 is 1.16 bits per heavy atom. The van der Waals surface area contributed by atoms with Crippen molar-refractivity contribution in [3.63, 3.8) is 0 Å². The second-order valence-corrected chi connectivity index (χ2v) is 7.87. The molecule has 1 aliphatic heterocycles. The van der Waals surface area contributed by atoms with Crippen molar-refractivity contribution in [1.82, 2.24) is 14.5 Å². The number of para-hydroxylation sites is 3. The molecule has 2 heterocycles. The maximum absolute atomic E-state index is 13.2. The smallest absolute Gasteiger partial charge is 0.327 e. The number of nitrogens with zero attached hydrogens (tertiary/aromatic N) is 3. The fourth-order valence-corrected chi connectivity index (χ4v) is 4.29. The average molecular weight is 430 g/mol. The lowest BCUT2D eigenvalue weighted by molar-refractivity contribution is -0.137. The third-order valence-electron chi connectivity index (χ3n) is 5.78. The van der Waals surface area contributed by atoms with Crippen molar-refractivity contribution in [2.75, 3.05) is 18.4 Å². The zero-order valence-electron chi connectivity index (χ0n) is 17.3. The van der Waals surface area contributed by atoms with E-state index in [-0.39, 0.29) is 17.5 Å². The van der Waals surface area contributed by atoms with E-state index in [1.54, 1.807) is 0 Å². The number of nitrogens with one attached hydrogen (secondary N) is 1. The molecule has 1 aromatic heterocycles. The number of amides is 1. The Bertz CT molecular complexity index is 1080. The third kappa shape index (κ3) is 4.58. The van der Waals surface area contributed by atoms with Crippen LogP contribution in [0.2, 0.25) is 0 Å². The first kappa shape index (κ1) is 21.4. The number of rotatable bonds is 5. The Hall–Kier alpha value is -2.87. The number of likely N-dealkylation sites (tertiary alicyclic amines) is 1. The van der Waals surface area contributed by atoms with Crippen LogP contribution in [0.4, 0.5) is 18.9 Å². The van der Waals surface area contributed by atoms with Crippen molar-refractivity contribution in [3.8, 4) is 0 Å². The van der Waals surface area contributed by atoms with E-state index in [9.17, 15) is 18.0 Å². The van der Waals surface area contributed by atoms with Gasteiger partial charge in [-0.05, 0) is 50.6 Å². The van der Waals surface area contributed by atoms with E-state index < -0.39 is 11.7 Å². The number of hydrogen-bond donors (Lipinski definition) is 1. The van der Waals surface area contributed by atoms with Gasteiger partial charge in [-0.2, -0.15) is 13.2 Å². The first-order chi connectivity index (χ1) is 14.9. The number of anilines is 1. The number of aryl methyl sites for hydroxylation is 1. The molecule has 8 heteroatoms. The third-order valence-corrected chi connectivity index (χ3v) is 5.78. The first-order valence-corrected chi connectivity index (χ1v) is 10.5. The molecule has 1 atom stereocenters. The van der Waals surface area contributed by atoms with Crippen molar-refractivity contribution < 1.29 is 18.0 Å². The summed E-state index contributed by atoms with van der Waals surface area (Å²) in [6, 6.07) is 13.1. The summed E-state index contributed by atoms with van der Waals surface area (Å²) >= 11 is 0. The van der Waals surface area contributed by atoms with Crippen LogP contribution in [-0.4, -0.2) is 33.4 Å². The molecule has 0 bridgehead atoms. The Balaban J connectivity index is 1.47. The molecule has 0 unspecified atom stereocenters. The molecule has 5 nitrogen and oxygen atoms in total. The van der Waals surface area contributed by atoms with Crippen molar-refractivity contribution in [2.45, 2.75) is 39.0 Å². The van der Waals surface area contributed by atoms with Gasteiger partial charge in [-0.3, -0.25) is 9.69 Å². The number of piperidine rings is 1. The van der Waals surface area contributed by atoms with Crippen LogP contribution in [0, 0.1) is 5.92 Å². The maximum atomic E-state index is 13.2. The SMILES string of the molecule is CCn1c(CN2CCC[C@H](C(=O)Nc3ccccc3C(F)(F)F)C2)nc2ccccc21. The molecule has 1 fully saturated rings. The van der Waals surface area contributed by atoms with Crippen molar-refractivity contribution in [2.24, 2.45) is 5.92 Å². The fourth-order valence-electron chi connectivity index (χ4n) is 4.29. The monoisotopic (exact) mass is 430 g/mol. The Morgan fingerprint density at radius 2 is 1.90 bits per heavy atom. The van der Waals surface area contributed by atoms with Gasteiger partial charge in [0.2, 0.25) is 5.91 Å². The van der Waals surface area contributed by atoms with Gasteiger partial charge >= 0.3 is 6.18 Å². The van der Waals surface area contributed by atoms with E-state index in [4.69, 9.17) is 4.98 Å². The van der Waals surface area contributed by atoms with Gasteiger partial charge in [0.1, 0.15) is 5.82 Å². The normalized spacial score (nSPS) is 17.7. The lowest BCUT2D eigenvalue weighted by Gasteiger charge is -2.32. The van der Waals surface area contributed by atoms with Gasteiger partial charge in [0.05, 0.1) is 34.7 Å². The van der Waals surface area contributed by atoms with Crippen molar-refractivity contribution >= 4 is 22.6 Å². The summed E-state index contributed by atoms with van der Waals surface area (Å²) in [5, 5.41) is 2.51. The maximum Gasteiger partial charge on any atom is 0.418 e. The summed E-state index contributed by atoms with van der Waals surface area (Å²) in [4.78, 5) is 19.7. The number of aromatic nitrogens is 2. The van der Waals surface area contributed by atoms with E-state index in [0.29, 0.717) is 19.5 Å². The van der Waals surface area contributed by atoms with Gasteiger partial charge in [0.15, 0.2) is 0 Å². The lowest BCUT2D eigenvalue weighted by atomic mass is 9.96. The number of carbonyl (C=O) groups is 1. The van der Waals surface area contributed by atoms with Crippen LogP contribution in [0.15, 0.2) is 48.5 Å². The summed E-state index contributed by atoms with van der Waals surface area (Å²) < 4.78 is 41.9. The van der Waals surface area contributed by atoms with Gasteiger partial charge in [0.25, 0.3) is 0 Å². The highest BCUT2D eigenvalue weighted by atomic mass is 19.4. The topological polar surface area (TPSA) is 50.2 Å². The minimum Gasteiger partial charge on any atom is -0.327 e. The molecular weight excluding hydrogens is 405 g/mol. The van der Waals surface area contributed by atoms with Crippen LogP contribution in [0.1, 0.15) is 31.2 Å². The van der Waals surface area contributed by atoms with Crippen LogP contribution in [-0.2, 0) is 24.1 Å². The highest BCUT2D eigenvalue weighted by Crippen LogP contribution is 2.35. The molecule has 1 amide bonds. The van der Waals surface area contributed by atoms with Gasteiger partial charge in [0, 0.05) is 13.1 Å². The van der Waals surface area contributed by atoms with E-state index >= 15 is 0 Å². The summed E-state index contributed by atoms with van der Waals surface area (Å²) in [6.45, 7) is 4.79. The Kier molecular flexibility index (Phi) is 6.00. The minimum absolute atomic E-state index is 0.190. The van der Waals surface area contributed by atoms with Gasteiger partial charge in [-0.15, -0.1) is 0 Å². The summed E-state index contributed by atoms with van der Waals surface area (Å²) in [6.07, 6.45) is -3.05. The highest BCUT2D eigenvalue weighted by molar-refractivity contribution is 5.93. The molecular formula is C23H25F3N4O. The first-order valence-electron chi connectivity index (χ1n) is 10.5. The molecule has 1 N–H and O–H groups in total. The number of halogens is 3. The fraction of sp³-hybridized carbons (Fsp3) is 0.391. The van der Waals surface area contributed by atoms with Gasteiger partial charge < -0.3 is 9.88 Å². The minimum atomic E-state index is -4.51. The van der Waals surface area contributed by atoms with E-state index in [2.05, 4.69) is 21.7 Å². The zero-order valence-corrected chi connectivity index (χ0v) is 17.3. The largest absolute Gasteiger partial charge is 0.418 e. The molecule has 31 heavy (non-hydrogen) atoms. The lowest BCUT2D eigenvalue weighted by Crippen LogP contribution is -2.40. The van der Waals surface area contributed by atoms with Crippen LogP contribution in [0.5, 0.6) is 0 Å². The Labute approximate surface area is 178 Å². The standard InChI is InChI=1S/C23H25F3N4O/c1-2-30-20-12-6-5-11-19(20)27-21(30)15-29-13-7-8-16(14-29)22(31)28-18-10-4-3-9-17(18)23(24,25)26/h3-6,9-12,16H,2,7-8,13-15H2,1H3,(H,28,31)/t16-/m0/s1. The molecule has 0 saturated carbocycles. The predicted octanol–water partition coefficient (Wildman–Crippen LogP) is 4.93. The average Bonchev–Trinajstić information content (AvgIpc) is 3.10. The van der Waals surface area contributed by atoms with Gasteiger partial charge in [-0.25, -0.2) is 4.98 Å². The second kappa shape index (κ2) is 8.70.